The van der Waals surface area contributed by atoms with Crippen LogP contribution in [-0.4, -0.2) is 14.6 Å². The Hall–Kier alpha value is -3.77. The van der Waals surface area contributed by atoms with E-state index in [0.29, 0.717) is 21.9 Å². The highest BCUT2D eigenvalue weighted by Gasteiger charge is 2.11. The number of benzene rings is 3. The molecule has 3 aromatic carbocycles. The van der Waals surface area contributed by atoms with E-state index in [-0.39, 0.29) is 5.56 Å². The molecule has 6 heteroatoms. The van der Waals surface area contributed by atoms with Crippen molar-refractivity contribution in [2.75, 3.05) is 0 Å². The normalized spacial score (nSPS) is 11.8. The lowest BCUT2D eigenvalue weighted by Crippen LogP contribution is -2.23. The van der Waals surface area contributed by atoms with Crippen LogP contribution < -0.4 is 14.8 Å². The Morgan fingerprint density at radius 1 is 0.900 bits per heavy atom. The molecule has 0 saturated carbocycles. The summed E-state index contributed by atoms with van der Waals surface area (Å²) in [7, 11) is 0. The van der Waals surface area contributed by atoms with E-state index in [4.69, 9.17) is 4.74 Å². The molecule has 0 unspecified atom stereocenters. The lowest BCUT2D eigenvalue weighted by atomic mass is 10.2. The van der Waals surface area contributed by atoms with Crippen LogP contribution in [0.25, 0.3) is 22.4 Å². The highest BCUT2D eigenvalue weighted by atomic mass is 32.1. The Balaban J connectivity index is 1.37. The molecule has 2 aromatic heterocycles. The third-order valence-corrected chi connectivity index (χ3v) is 5.60. The summed E-state index contributed by atoms with van der Waals surface area (Å²) < 4.78 is 7.79. The molecule has 146 valence electrons. The van der Waals surface area contributed by atoms with Gasteiger partial charge in [0.2, 0.25) is 4.96 Å². The molecule has 0 N–H and O–H groups in total. The van der Waals surface area contributed by atoms with Crippen molar-refractivity contribution >= 4 is 22.4 Å². The molecule has 0 radical (unpaired) electrons. The van der Waals surface area contributed by atoms with Crippen molar-refractivity contribution in [2.45, 2.75) is 6.61 Å². The van der Waals surface area contributed by atoms with Crippen molar-refractivity contribution in [3.63, 3.8) is 0 Å². The Morgan fingerprint density at radius 2 is 1.60 bits per heavy atom. The summed E-state index contributed by atoms with van der Waals surface area (Å²) in [5.74, 6) is 1.35. The lowest BCUT2D eigenvalue weighted by molar-refractivity contribution is 0.306. The minimum atomic E-state index is -0.158. The van der Waals surface area contributed by atoms with Gasteiger partial charge in [0.25, 0.3) is 5.56 Å². The predicted molar refractivity (Wildman–Crippen MR) is 119 cm³/mol. The van der Waals surface area contributed by atoms with Gasteiger partial charge < -0.3 is 4.74 Å². The van der Waals surface area contributed by atoms with Crippen molar-refractivity contribution in [2.24, 2.45) is 0 Å². The minimum Gasteiger partial charge on any atom is -0.489 e. The Kier molecular flexibility index (Phi) is 4.83. The molecule has 0 bridgehead atoms. The van der Waals surface area contributed by atoms with Gasteiger partial charge in [0.15, 0.2) is 5.82 Å². The molecule has 5 aromatic rings. The summed E-state index contributed by atoms with van der Waals surface area (Å²) in [6.45, 7) is 0.520. The van der Waals surface area contributed by atoms with Crippen molar-refractivity contribution in [3.8, 4) is 17.1 Å². The van der Waals surface area contributed by atoms with E-state index in [9.17, 15) is 4.79 Å². The second-order valence-electron chi connectivity index (χ2n) is 6.75. The molecule has 0 fully saturated rings. The fourth-order valence-corrected chi connectivity index (χ4v) is 4.00. The number of hydrogen-bond donors (Lipinski definition) is 0. The highest BCUT2D eigenvalue weighted by Crippen LogP contribution is 2.17. The first-order valence-corrected chi connectivity index (χ1v) is 10.3. The van der Waals surface area contributed by atoms with Crippen molar-refractivity contribution < 1.29 is 4.74 Å². The predicted octanol–water partition coefficient (Wildman–Crippen LogP) is 3.94. The van der Waals surface area contributed by atoms with Crippen molar-refractivity contribution in [1.82, 2.24) is 14.6 Å². The standard InChI is InChI=1S/C24H17N3O2S/c28-23-21(30-24-25-22(26-27(23)24)19-9-5-2-6-10-19)15-17-11-13-20(14-12-17)29-16-18-7-3-1-4-8-18/h1-15H,16H2. The molecule has 0 saturated heterocycles. The summed E-state index contributed by atoms with van der Waals surface area (Å²) in [5.41, 5.74) is 2.78. The number of nitrogens with zero attached hydrogens (tertiary/aromatic N) is 3. The van der Waals surface area contributed by atoms with Crippen LogP contribution in [0.1, 0.15) is 11.1 Å². The van der Waals surface area contributed by atoms with Gasteiger partial charge in [0, 0.05) is 5.56 Å². The number of thiazole rings is 1. The molecule has 0 atom stereocenters. The maximum Gasteiger partial charge on any atom is 0.291 e. The van der Waals surface area contributed by atoms with Gasteiger partial charge in [-0.2, -0.15) is 9.50 Å². The topological polar surface area (TPSA) is 56.5 Å². The largest absolute Gasteiger partial charge is 0.489 e. The zero-order valence-corrected chi connectivity index (χ0v) is 16.8. The van der Waals surface area contributed by atoms with Crippen molar-refractivity contribution in [3.05, 3.63) is 111 Å². The van der Waals surface area contributed by atoms with Gasteiger partial charge in [0.1, 0.15) is 12.4 Å². The van der Waals surface area contributed by atoms with Crippen LogP contribution in [0, 0.1) is 0 Å². The fourth-order valence-electron chi connectivity index (χ4n) is 3.10. The Morgan fingerprint density at radius 3 is 2.30 bits per heavy atom. The zero-order valence-electron chi connectivity index (χ0n) is 15.9. The summed E-state index contributed by atoms with van der Waals surface area (Å²) in [4.78, 5) is 17.8. The fraction of sp³-hybridized carbons (Fsp3) is 0.0417. The molecular weight excluding hydrogens is 394 g/mol. The van der Waals surface area contributed by atoms with Crippen LogP contribution in [0.15, 0.2) is 89.7 Å². The van der Waals surface area contributed by atoms with Crippen LogP contribution in [-0.2, 0) is 6.61 Å². The molecule has 0 spiro atoms. The lowest BCUT2D eigenvalue weighted by Gasteiger charge is -2.06. The highest BCUT2D eigenvalue weighted by molar-refractivity contribution is 7.15. The van der Waals surface area contributed by atoms with E-state index in [1.165, 1.54) is 15.9 Å². The minimum absolute atomic E-state index is 0.158. The summed E-state index contributed by atoms with van der Waals surface area (Å²) in [5, 5.41) is 4.38. The molecule has 0 amide bonds. The van der Waals surface area contributed by atoms with Gasteiger partial charge in [-0.1, -0.05) is 84.1 Å². The molecule has 2 heterocycles. The SMILES string of the molecule is O=c1c(=Cc2ccc(OCc3ccccc3)cc2)sc2nc(-c3ccccc3)nn12. The third kappa shape index (κ3) is 3.73. The summed E-state index contributed by atoms with van der Waals surface area (Å²) in [6.07, 6.45) is 1.85. The van der Waals surface area contributed by atoms with Crippen LogP contribution in [0.4, 0.5) is 0 Å². The van der Waals surface area contributed by atoms with Gasteiger partial charge >= 0.3 is 0 Å². The average Bonchev–Trinajstić information content (AvgIpc) is 3.34. The van der Waals surface area contributed by atoms with E-state index in [1.54, 1.807) is 0 Å². The van der Waals surface area contributed by atoms with Gasteiger partial charge in [0.05, 0.1) is 4.53 Å². The number of ether oxygens (including phenoxy) is 1. The number of fused-ring (bicyclic) bond motifs is 1. The maximum absolute atomic E-state index is 12.7. The molecule has 5 nitrogen and oxygen atoms in total. The second kappa shape index (κ2) is 7.93. The van der Waals surface area contributed by atoms with Crippen LogP contribution in [0.5, 0.6) is 5.75 Å². The van der Waals surface area contributed by atoms with Gasteiger partial charge in [-0.15, -0.1) is 5.10 Å². The Labute approximate surface area is 176 Å². The van der Waals surface area contributed by atoms with Gasteiger partial charge in [-0.05, 0) is 29.3 Å². The molecule has 0 aliphatic heterocycles. The first kappa shape index (κ1) is 18.3. The number of hydrogen-bond acceptors (Lipinski definition) is 5. The monoisotopic (exact) mass is 411 g/mol. The molecular formula is C24H17N3O2S. The second-order valence-corrected chi connectivity index (χ2v) is 7.76. The Bertz CT molecular complexity index is 1390. The maximum atomic E-state index is 12.7. The van der Waals surface area contributed by atoms with Gasteiger partial charge in [-0.3, -0.25) is 4.79 Å². The zero-order chi connectivity index (χ0) is 20.3. The van der Waals surface area contributed by atoms with Crippen LogP contribution in [0.2, 0.25) is 0 Å². The van der Waals surface area contributed by atoms with E-state index in [1.807, 2.05) is 91.0 Å². The average molecular weight is 411 g/mol. The molecule has 0 aliphatic carbocycles. The van der Waals surface area contributed by atoms with Crippen molar-refractivity contribution in [1.29, 1.82) is 0 Å². The van der Waals surface area contributed by atoms with E-state index in [0.717, 1.165) is 22.4 Å². The van der Waals surface area contributed by atoms with Gasteiger partial charge in [-0.25, -0.2) is 0 Å². The quantitative estimate of drug-likeness (QED) is 0.440. The number of rotatable bonds is 5. The first-order chi connectivity index (χ1) is 14.8. The van der Waals surface area contributed by atoms with E-state index in [2.05, 4.69) is 10.1 Å². The molecule has 0 aliphatic rings. The molecule has 30 heavy (non-hydrogen) atoms. The van der Waals surface area contributed by atoms with Crippen LogP contribution >= 0.6 is 11.3 Å². The molecule has 5 rings (SSSR count). The summed E-state index contributed by atoms with van der Waals surface area (Å²) in [6, 6.07) is 27.4. The van der Waals surface area contributed by atoms with Crippen LogP contribution in [0.3, 0.4) is 0 Å². The third-order valence-electron chi connectivity index (χ3n) is 4.64. The summed E-state index contributed by atoms with van der Waals surface area (Å²) >= 11 is 1.34. The van der Waals surface area contributed by atoms with E-state index >= 15 is 0 Å². The first-order valence-electron chi connectivity index (χ1n) is 9.50. The number of aromatic nitrogens is 3. The smallest absolute Gasteiger partial charge is 0.291 e. The van der Waals surface area contributed by atoms with E-state index < -0.39 is 0 Å².